The lowest BCUT2D eigenvalue weighted by Gasteiger charge is -2.26. The normalized spacial score (nSPS) is 44.0. The fourth-order valence-electron chi connectivity index (χ4n) is 8.88. The van der Waals surface area contributed by atoms with Crippen LogP contribution in [0, 0.1) is 23.7 Å². The summed E-state index contributed by atoms with van der Waals surface area (Å²) in [6.07, 6.45) is 6.72. The predicted octanol–water partition coefficient (Wildman–Crippen LogP) is 6.80. The van der Waals surface area contributed by atoms with E-state index in [-0.39, 0.29) is 97.1 Å². The van der Waals surface area contributed by atoms with Gasteiger partial charge in [0.05, 0.1) is 72.5 Å². The Balaban J connectivity index is 1.22. The molecule has 16 atom stereocenters. The monoisotopic (exact) mass is 764 g/mol. The van der Waals surface area contributed by atoms with Crippen LogP contribution in [0.3, 0.4) is 0 Å². The number of hydrogen-bond donors (Lipinski definition) is 0. The molecule has 308 valence electrons. The maximum atomic E-state index is 13.3. The molecule has 5 saturated heterocycles. The number of fused-ring (bicyclic) bond motifs is 8. The van der Waals surface area contributed by atoms with Gasteiger partial charge in [0.15, 0.2) is 0 Å². The van der Waals surface area contributed by atoms with E-state index in [0.717, 1.165) is 51.4 Å². The number of hydrogen-bond acceptors (Lipinski definition) is 12. The SMILES string of the molecule is CC[C@@H]1C[C@H]2CC[C@@H](O2)[C@H](C)C(=O)O[C@H](C)C[C@H]2CC[C@@H](O2)[C@H](C)C(=O)O[C@H](CC)C[C@H]2CC[C@@H](O2)[C@H](C)C(=O)O[C@H](C)C[C@H]2CC[C@@H](O2)[C@H](C)C(=O)O1. The standard InChI is InChI=1S/C42H68O12/c1-9-29-21-33-13-17-35(51-33)25(5)39(43)47-24(4)20-32-12-16-38(50-32)28(8)42(46)54-30(10-2)22-34-14-18-36(52-34)26(6)40(44)48-23(3)19-31-11-15-37(49-31)27(7)41(45)53-29/h23-38H,9-22H2,1-8H3/t23-,24-,25+,26+,27+,28+,29-,30-,31-,32-,33-,34-,35-,36-,37-,38-/m1/s1. The molecule has 0 aromatic heterocycles. The molecule has 12 heteroatoms. The van der Waals surface area contributed by atoms with Crippen LogP contribution < -0.4 is 0 Å². The van der Waals surface area contributed by atoms with Gasteiger partial charge in [-0.1, -0.05) is 13.8 Å². The highest BCUT2D eigenvalue weighted by Crippen LogP contribution is 2.35. The second-order valence-corrected chi connectivity index (χ2v) is 17.0. The first-order valence-corrected chi connectivity index (χ1v) is 21.2. The Morgan fingerprint density at radius 1 is 0.389 bits per heavy atom. The highest BCUT2D eigenvalue weighted by atomic mass is 16.6. The lowest BCUT2D eigenvalue weighted by Crippen LogP contribution is -2.34. The fourth-order valence-corrected chi connectivity index (χ4v) is 8.88. The maximum Gasteiger partial charge on any atom is 0.311 e. The van der Waals surface area contributed by atoms with Crippen molar-refractivity contribution in [3.05, 3.63) is 0 Å². The Kier molecular flexibility index (Phi) is 15.7. The predicted molar refractivity (Wildman–Crippen MR) is 198 cm³/mol. The lowest BCUT2D eigenvalue weighted by atomic mass is 9.99. The fraction of sp³-hybridized carbons (Fsp3) is 0.905. The van der Waals surface area contributed by atoms with Crippen LogP contribution in [-0.4, -0.2) is 97.1 Å². The number of ether oxygens (including phenoxy) is 8. The van der Waals surface area contributed by atoms with Gasteiger partial charge in [-0.05, 0) is 106 Å². The van der Waals surface area contributed by atoms with Crippen LogP contribution in [0.2, 0.25) is 0 Å². The Hall–Kier alpha value is -2.28. The third-order valence-corrected chi connectivity index (χ3v) is 12.6. The largest absolute Gasteiger partial charge is 0.462 e. The summed E-state index contributed by atoms with van der Waals surface area (Å²) in [6, 6.07) is 0. The van der Waals surface area contributed by atoms with Gasteiger partial charge < -0.3 is 37.9 Å². The summed E-state index contributed by atoms with van der Waals surface area (Å²) in [6.45, 7) is 15.2. The molecule has 54 heavy (non-hydrogen) atoms. The second kappa shape index (κ2) is 19.7. The maximum absolute atomic E-state index is 13.3. The molecule has 0 N–H and O–H groups in total. The van der Waals surface area contributed by atoms with E-state index in [0.29, 0.717) is 38.5 Å². The van der Waals surface area contributed by atoms with Gasteiger partial charge in [-0.15, -0.1) is 0 Å². The zero-order chi connectivity index (χ0) is 39.1. The summed E-state index contributed by atoms with van der Waals surface area (Å²) in [5.41, 5.74) is 0. The first-order valence-electron chi connectivity index (χ1n) is 21.2. The molecule has 12 nitrogen and oxygen atoms in total. The number of carbonyl (C=O) groups is 4. The smallest absolute Gasteiger partial charge is 0.311 e. The molecule has 0 aliphatic carbocycles. The summed E-state index contributed by atoms with van der Waals surface area (Å²) in [5.74, 6) is -2.88. The summed E-state index contributed by atoms with van der Waals surface area (Å²) < 4.78 is 49.0. The molecule has 0 aromatic rings. The minimum Gasteiger partial charge on any atom is -0.462 e. The summed E-state index contributed by atoms with van der Waals surface area (Å²) in [4.78, 5) is 53.0. The minimum atomic E-state index is -0.435. The van der Waals surface area contributed by atoms with Gasteiger partial charge in [-0.3, -0.25) is 19.2 Å². The molecule has 0 amide bonds. The Morgan fingerprint density at radius 2 is 0.648 bits per heavy atom. The number of carbonyl (C=O) groups excluding carboxylic acids is 4. The zero-order valence-electron chi connectivity index (χ0n) is 34.0. The molecule has 0 unspecified atom stereocenters. The molecule has 0 radical (unpaired) electrons. The first kappa shape index (κ1) is 42.9. The summed E-state index contributed by atoms with van der Waals surface area (Å²) in [5, 5.41) is 0. The van der Waals surface area contributed by atoms with Gasteiger partial charge >= 0.3 is 23.9 Å². The molecule has 0 aromatic carbocycles. The van der Waals surface area contributed by atoms with Crippen molar-refractivity contribution < 1.29 is 57.1 Å². The molecule has 8 bridgehead atoms. The van der Waals surface area contributed by atoms with Gasteiger partial charge in [-0.25, -0.2) is 0 Å². The Bertz CT molecular complexity index is 1160. The van der Waals surface area contributed by atoms with Crippen LogP contribution in [0.15, 0.2) is 0 Å². The van der Waals surface area contributed by atoms with E-state index in [2.05, 4.69) is 0 Å². The molecular weight excluding hydrogens is 696 g/mol. The van der Waals surface area contributed by atoms with Crippen molar-refractivity contribution in [2.24, 2.45) is 23.7 Å². The zero-order valence-corrected chi connectivity index (χ0v) is 34.0. The van der Waals surface area contributed by atoms with Crippen LogP contribution in [0.1, 0.15) is 145 Å². The van der Waals surface area contributed by atoms with Crippen molar-refractivity contribution in [3.8, 4) is 0 Å². The first-order chi connectivity index (χ1) is 25.7. The second-order valence-electron chi connectivity index (χ2n) is 17.0. The third-order valence-electron chi connectivity index (χ3n) is 12.6. The van der Waals surface area contributed by atoms with E-state index < -0.39 is 23.7 Å². The van der Waals surface area contributed by atoms with E-state index >= 15 is 0 Å². The summed E-state index contributed by atoms with van der Waals surface area (Å²) >= 11 is 0. The van der Waals surface area contributed by atoms with E-state index in [1.54, 1.807) is 0 Å². The van der Waals surface area contributed by atoms with E-state index in [1.807, 2.05) is 55.4 Å². The van der Waals surface area contributed by atoms with Crippen molar-refractivity contribution in [1.29, 1.82) is 0 Å². The lowest BCUT2D eigenvalue weighted by molar-refractivity contribution is -0.162. The molecule has 0 saturated carbocycles. The molecule has 5 aliphatic rings. The highest BCUT2D eigenvalue weighted by molar-refractivity contribution is 5.74. The Morgan fingerprint density at radius 3 is 0.926 bits per heavy atom. The molecule has 0 spiro atoms. The quantitative estimate of drug-likeness (QED) is 0.216. The minimum absolute atomic E-state index is 0.115. The average molecular weight is 765 g/mol. The van der Waals surface area contributed by atoms with E-state index in [4.69, 9.17) is 37.9 Å². The molecule has 5 fully saturated rings. The van der Waals surface area contributed by atoms with Crippen molar-refractivity contribution in [2.75, 3.05) is 0 Å². The number of rotatable bonds is 2. The molecule has 5 rings (SSSR count). The highest BCUT2D eigenvalue weighted by Gasteiger charge is 2.41. The van der Waals surface area contributed by atoms with Gasteiger partial charge in [0.2, 0.25) is 0 Å². The van der Waals surface area contributed by atoms with Crippen molar-refractivity contribution in [3.63, 3.8) is 0 Å². The molecular formula is C42H68O12. The van der Waals surface area contributed by atoms with Crippen LogP contribution in [-0.2, 0) is 57.1 Å². The van der Waals surface area contributed by atoms with Crippen LogP contribution in [0.25, 0.3) is 0 Å². The topological polar surface area (TPSA) is 142 Å². The molecule has 5 heterocycles. The van der Waals surface area contributed by atoms with Gasteiger partial charge in [0, 0.05) is 25.7 Å². The van der Waals surface area contributed by atoms with Crippen LogP contribution >= 0.6 is 0 Å². The van der Waals surface area contributed by atoms with Crippen molar-refractivity contribution in [2.45, 2.75) is 219 Å². The van der Waals surface area contributed by atoms with Crippen LogP contribution in [0.4, 0.5) is 0 Å². The summed E-state index contributed by atoms with van der Waals surface area (Å²) in [7, 11) is 0. The molecule has 5 aliphatic heterocycles. The van der Waals surface area contributed by atoms with Crippen molar-refractivity contribution >= 4 is 23.9 Å². The average Bonchev–Trinajstić information content (AvgIpc) is 3.98. The number of esters is 4. The van der Waals surface area contributed by atoms with Crippen molar-refractivity contribution in [1.82, 2.24) is 0 Å². The third kappa shape index (κ3) is 11.4. The van der Waals surface area contributed by atoms with Gasteiger partial charge in [0.1, 0.15) is 24.4 Å². The van der Waals surface area contributed by atoms with E-state index in [9.17, 15) is 19.2 Å². The number of cyclic esters (lactones) is 4. The van der Waals surface area contributed by atoms with E-state index in [1.165, 1.54) is 0 Å². The Labute approximate surface area is 322 Å². The van der Waals surface area contributed by atoms with Crippen LogP contribution in [0.5, 0.6) is 0 Å². The van der Waals surface area contributed by atoms with Gasteiger partial charge in [-0.2, -0.15) is 0 Å². The van der Waals surface area contributed by atoms with Gasteiger partial charge in [0.25, 0.3) is 0 Å².